The molecule has 1 aromatic heterocycles. The highest BCUT2D eigenvalue weighted by atomic mass is 32.1. The van der Waals surface area contributed by atoms with E-state index < -0.39 is 6.10 Å². The molecule has 2 rings (SSSR count). The Bertz CT molecular complexity index is 297. The smallest absolute Gasteiger partial charge is 0.123 e. The second-order valence-electron chi connectivity index (χ2n) is 2.90. The largest absolute Gasteiger partial charge is 0.501 e. The van der Waals surface area contributed by atoms with Gasteiger partial charge in [-0.25, -0.2) is 0 Å². The van der Waals surface area contributed by atoms with Crippen molar-refractivity contribution in [2.24, 2.45) is 0 Å². The zero-order chi connectivity index (χ0) is 9.10. The summed E-state index contributed by atoms with van der Waals surface area (Å²) < 4.78 is 13.0. The lowest BCUT2D eigenvalue weighted by atomic mass is 10.0. The Morgan fingerprint density at radius 3 is 3.15 bits per heavy atom. The number of hydrogen-bond acceptors (Lipinski definition) is 5. The molecule has 1 unspecified atom stereocenters. The minimum Gasteiger partial charge on any atom is -0.501 e. The van der Waals surface area contributed by atoms with E-state index in [1.165, 1.54) is 0 Å². The van der Waals surface area contributed by atoms with Gasteiger partial charge in [-0.1, -0.05) is 0 Å². The fraction of sp³-hybridized carbons (Fsp3) is 0.500. The van der Waals surface area contributed by atoms with Gasteiger partial charge in [-0.05, 0) is 18.4 Å². The second-order valence-corrected chi connectivity index (χ2v) is 3.46. The third-order valence-corrected chi connectivity index (χ3v) is 2.46. The van der Waals surface area contributed by atoms with E-state index in [-0.39, 0.29) is 0 Å². The van der Waals surface area contributed by atoms with Gasteiger partial charge in [0, 0.05) is 0 Å². The van der Waals surface area contributed by atoms with E-state index in [4.69, 9.17) is 4.74 Å². The van der Waals surface area contributed by atoms with E-state index in [1.54, 1.807) is 12.5 Å². The molecule has 0 fully saturated rings. The first-order chi connectivity index (χ1) is 6.38. The standard InChI is InChI=1S/C8H10N2O2S/c11-8(7-4-9-13-10-7)6-2-1-3-12-5-6/h4-5,8,11H,1-3H2. The third kappa shape index (κ3) is 1.87. The fourth-order valence-corrected chi connectivity index (χ4v) is 1.71. The van der Waals surface area contributed by atoms with Crippen molar-refractivity contribution in [3.63, 3.8) is 0 Å². The number of aliphatic hydroxyl groups is 1. The van der Waals surface area contributed by atoms with E-state index in [9.17, 15) is 5.11 Å². The van der Waals surface area contributed by atoms with Gasteiger partial charge in [-0.2, -0.15) is 8.75 Å². The quantitative estimate of drug-likeness (QED) is 0.777. The molecule has 0 radical (unpaired) electrons. The van der Waals surface area contributed by atoms with E-state index in [0.717, 1.165) is 36.7 Å². The van der Waals surface area contributed by atoms with Crippen LogP contribution in [0.1, 0.15) is 24.6 Å². The SMILES string of the molecule is OC(C1=COCCC1)c1cnsn1. The molecule has 1 aliphatic rings. The highest BCUT2D eigenvalue weighted by molar-refractivity contribution is 6.99. The van der Waals surface area contributed by atoms with Crippen molar-refractivity contribution in [1.29, 1.82) is 0 Å². The van der Waals surface area contributed by atoms with Crippen LogP contribution in [0, 0.1) is 0 Å². The van der Waals surface area contributed by atoms with Crippen LogP contribution >= 0.6 is 11.7 Å². The molecule has 0 aromatic carbocycles. The van der Waals surface area contributed by atoms with Gasteiger partial charge in [-0.3, -0.25) is 0 Å². The average molecular weight is 198 g/mol. The second kappa shape index (κ2) is 3.85. The zero-order valence-electron chi connectivity index (χ0n) is 7.01. The van der Waals surface area contributed by atoms with E-state index in [1.807, 2.05) is 0 Å². The van der Waals surface area contributed by atoms with E-state index in [2.05, 4.69) is 8.75 Å². The molecule has 1 N–H and O–H groups in total. The summed E-state index contributed by atoms with van der Waals surface area (Å²) in [6, 6.07) is 0. The molecular formula is C8H10N2O2S. The summed E-state index contributed by atoms with van der Waals surface area (Å²) >= 11 is 1.10. The van der Waals surface area contributed by atoms with Crippen LogP contribution in [0.5, 0.6) is 0 Å². The van der Waals surface area contributed by atoms with Crippen molar-refractivity contribution in [2.45, 2.75) is 18.9 Å². The van der Waals surface area contributed by atoms with Crippen molar-refractivity contribution in [3.8, 4) is 0 Å². The predicted molar refractivity (Wildman–Crippen MR) is 48.1 cm³/mol. The monoisotopic (exact) mass is 198 g/mol. The highest BCUT2D eigenvalue weighted by Gasteiger charge is 2.18. The van der Waals surface area contributed by atoms with Crippen LogP contribution in [0.2, 0.25) is 0 Å². The molecule has 1 aliphatic heterocycles. The molecule has 0 saturated heterocycles. The number of aromatic nitrogens is 2. The number of ether oxygens (including phenoxy) is 1. The van der Waals surface area contributed by atoms with Crippen LogP contribution in [-0.4, -0.2) is 20.5 Å². The van der Waals surface area contributed by atoms with E-state index >= 15 is 0 Å². The third-order valence-electron chi connectivity index (χ3n) is 1.97. The molecule has 0 saturated carbocycles. The summed E-state index contributed by atoms with van der Waals surface area (Å²) in [5.41, 5.74) is 1.50. The summed E-state index contributed by atoms with van der Waals surface area (Å²) in [5.74, 6) is 0. The molecule has 1 aromatic rings. The van der Waals surface area contributed by atoms with Gasteiger partial charge in [0.2, 0.25) is 0 Å². The molecule has 1 atom stereocenters. The average Bonchev–Trinajstić information content (AvgIpc) is 2.71. The topological polar surface area (TPSA) is 55.2 Å². The predicted octanol–water partition coefficient (Wildman–Crippen LogP) is 1.27. The minimum atomic E-state index is -0.640. The van der Waals surface area contributed by atoms with Crippen molar-refractivity contribution >= 4 is 11.7 Å². The van der Waals surface area contributed by atoms with Crippen LogP contribution in [0.3, 0.4) is 0 Å². The van der Waals surface area contributed by atoms with Gasteiger partial charge in [-0.15, -0.1) is 0 Å². The molecule has 0 bridgehead atoms. The van der Waals surface area contributed by atoms with Crippen molar-refractivity contribution in [2.75, 3.05) is 6.61 Å². The molecule has 0 aliphatic carbocycles. The number of hydrogen-bond donors (Lipinski definition) is 1. The normalized spacial score (nSPS) is 19.0. The summed E-state index contributed by atoms with van der Waals surface area (Å²) in [5, 5.41) is 9.79. The number of nitrogens with zero attached hydrogens (tertiary/aromatic N) is 2. The maximum atomic E-state index is 9.79. The van der Waals surface area contributed by atoms with Crippen LogP contribution < -0.4 is 0 Å². The molecule has 0 spiro atoms. The number of rotatable bonds is 2. The van der Waals surface area contributed by atoms with Gasteiger partial charge in [0.05, 0.1) is 30.8 Å². The Balaban J connectivity index is 2.12. The Morgan fingerprint density at radius 2 is 2.54 bits per heavy atom. The fourth-order valence-electron chi connectivity index (χ4n) is 1.27. The first kappa shape index (κ1) is 8.65. The van der Waals surface area contributed by atoms with Crippen LogP contribution in [0.25, 0.3) is 0 Å². The molecule has 0 amide bonds. The highest BCUT2D eigenvalue weighted by Crippen LogP contribution is 2.26. The van der Waals surface area contributed by atoms with Crippen LogP contribution in [-0.2, 0) is 4.74 Å². The molecule has 5 heteroatoms. The number of aliphatic hydroxyl groups excluding tert-OH is 1. The summed E-state index contributed by atoms with van der Waals surface area (Å²) in [6.07, 6.45) is 4.41. The van der Waals surface area contributed by atoms with Crippen LogP contribution in [0.15, 0.2) is 18.0 Å². The van der Waals surface area contributed by atoms with Gasteiger partial charge in [0.15, 0.2) is 0 Å². The van der Waals surface area contributed by atoms with Crippen LogP contribution in [0.4, 0.5) is 0 Å². The lowest BCUT2D eigenvalue weighted by Crippen LogP contribution is -2.07. The zero-order valence-corrected chi connectivity index (χ0v) is 7.83. The van der Waals surface area contributed by atoms with Gasteiger partial charge in [0.25, 0.3) is 0 Å². The Labute approximate surface area is 80.2 Å². The lowest BCUT2D eigenvalue weighted by Gasteiger charge is -2.16. The first-order valence-electron chi connectivity index (χ1n) is 4.14. The minimum absolute atomic E-state index is 0.613. The van der Waals surface area contributed by atoms with E-state index in [0.29, 0.717) is 5.69 Å². The van der Waals surface area contributed by atoms with Crippen molar-refractivity contribution in [3.05, 3.63) is 23.7 Å². The molecule has 70 valence electrons. The Morgan fingerprint density at radius 1 is 1.62 bits per heavy atom. The maximum Gasteiger partial charge on any atom is 0.123 e. The summed E-state index contributed by atoms with van der Waals surface area (Å²) in [6.45, 7) is 0.742. The molecule has 13 heavy (non-hydrogen) atoms. The molecule has 2 heterocycles. The first-order valence-corrected chi connectivity index (χ1v) is 4.87. The summed E-state index contributed by atoms with van der Waals surface area (Å²) in [4.78, 5) is 0. The van der Waals surface area contributed by atoms with Gasteiger partial charge in [0.1, 0.15) is 11.8 Å². The summed E-state index contributed by atoms with van der Waals surface area (Å²) in [7, 11) is 0. The van der Waals surface area contributed by atoms with Gasteiger partial charge >= 0.3 is 0 Å². The lowest BCUT2D eigenvalue weighted by molar-refractivity contribution is 0.168. The Hall–Kier alpha value is -0.940. The van der Waals surface area contributed by atoms with Crippen molar-refractivity contribution < 1.29 is 9.84 Å². The van der Waals surface area contributed by atoms with Gasteiger partial charge < -0.3 is 9.84 Å². The van der Waals surface area contributed by atoms with Crippen molar-refractivity contribution in [1.82, 2.24) is 8.75 Å². The molecule has 4 nitrogen and oxygen atoms in total. The maximum absolute atomic E-state index is 9.79. The Kier molecular flexibility index (Phi) is 2.56. The molecular weight excluding hydrogens is 188 g/mol.